The molecule has 10 nitrogen and oxygen atoms in total. The number of carbonyl (C=O) groups is 2. The van der Waals surface area contributed by atoms with Crippen LogP contribution < -0.4 is 21.6 Å². The average Bonchev–Trinajstić information content (AvgIpc) is 3.16. The van der Waals surface area contributed by atoms with Crippen LogP contribution in [0, 0.1) is 0 Å². The van der Waals surface area contributed by atoms with Crippen molar-refractivity contribution in [3.05, 3.63) is 168 Å². The quantitative estimate of drug-likeness (QED) is 0.0698. The Hall–Kier alpha value is -6.88. The molecule has 10 heteroatoms. The van der Waals surface area contributed by atoms with E-state index in [1.807, 2.05) is 60.7 Å². The van der Waals surface area contributed by atoms with Gasteiger partial charge in [-0.15, -0.1) is 0 Å². The van der Waals surface area contributed by atoms with Crippen LogP contribution in [0.15, 0.2) is 146 Å². The Morgan fingerprint density at radius 3 is 1.77 bits per heavy atom. The zero-order valence-electron chi connectivity index (χ0n) is 27.8. The van der Waals surface area contributed by atoms with Crippen molar-refractivity contribution in [2.75, 3.05) is 21.6 Å². The van der Waals surface area contributed by atoms with E-state index >= 15 is 0 Å². The first-order chi connectivity index (χ1) is 25.4. The second kappa shape index (κ2) is 15.3. The molecule has 0 bridgehead atoms. The fourth-order valence-corrected chi connectivity index (χ4v) is 5.65. The molecule has 0 aliphatic heterocycles. The molecule has 0 atom stereocenters. The lowest BCUT2D eigenvalue weighted by atomic mass is 10.0. The predicted molar refractivity (Wildman–Crippen MR) is 203 cm³/mol. The molecule has 0 unspecified atom stereocenters. The summed E-state index contributed by atoms with van der Waals surface area (Å²) in [5.41, 5.74) is 10.6. The maximum absolute atomic E-state index is 13.1. The first-order valence-corrected chi connectivity index (χ1v) is 16.5. The highest BCUT2D eigenvalue weighted by atomic mass is 16.6. The smallest absolute Gasteiger partial charge is 0.259 e. The molecule has 0 aliphatic rings. The molecule has 0 radical (unpaired) electrons. The van der Waals surface area contributed by atoms with Crippen LogP contribution >= 0.6 is 0 Å². The third-order valence-corrected chi connectivity index (χ3v) is 8.36. The van der Waals surface area contributed by atoms with E-state index in [1.54, 1.807) is 78.9 Å². The number of para-hydroxylation sites is 2. The lowest BCUT2D eigenvalue weighted by Crippen LogP contribution is -2.13. The summed E-state index contributed by atoms with van der Waals surface area (Å²) in [7, 11) is 0. The van der Waals surface area contributed by atoms with Crippen molar-refractivity contribution < 1.29 is 29.5 Å². The van der Waals surface area contributed by atoms with Crippen LogP contribution in [0.2, 0.25) is 0 Å². The summed E-state index contributed by atoms with van der Waals surface area (Å²) in [5.74, 6) is -0.773. The van der Waals surface area contributed by atoms with Crippen molar-refractivity contribution in [1.29, 1.82) is 0 Å². The van der Waals surface area contributed by atoms with Crippen molar-refractivity contribution in [2.45, 2.75) is 13.2 Å². The summed E-state index contributed by atoms with van der Waals surface area (Å²) in [6.45, 7) is 0.464. The van der Waals surface area contributed by atoms with Crippen LogP contribution in [0.3, 0.4) is 0 Å². The third-order valence-electron chi connectivity index (χ3n) is 8.36. The van der Waals surface area contributed by atoms with Crippen LogP contribution in [0.4, 0.5) is 22.7 Å². The van der Waals surface area contributed by atoms with Gasteiger partial charge >= 0.3 is 0 Å². The van der Waals surface area contributed by atoms with Gasteiger partial charge in [0.15, 0.2) is 0 Å². The third kappa shape index (κ3) is 8.11. The van der Waals surface area contributed by atoms with E-state index < -0.39 is 5.91 Å². The average molecular weight is 691 g/mol. The Kier molecular flexibility index (Phi) is 9.92. The van der Waals surface area contributed by atoms with Gasteiger partial charge in [0.2, 0.25) is 0 Å². The first-order valence-electron chi connectivity index (χ1n) is 16.5. The molecular formula is C42H34N4O6. The summed E-state index contributed by atoms with van der Waals surface area (Å²) < 4.78 is 0. The van der Waals surface area contributed by atoms with Crippen molar-refractivity contribution in [3.63, 3.8) is 0 Å². The lowest BCUT2D eigenvalue weighted by Gasteiger charge is -2.12. The number of carbonyl (C=O) groups excluding carboxylic acids is 2. The minimum absolute atomic E-state index is 0.104. The van der Waals surface area contributed by atoms with E-state index in [0.717, 1.165) is 22.0 Å². The summed E-state index contributed by atoms with van der Waals surface area (Å²) in [6, 6.07) is 43.2. The molecule has 258 valence electrons. The Morgan fingerprint density at radius 2 is 1.04 bits per heavy atom. The number of benzene rings is 7. The second-order valence-electron chi connectivity index (χ2n) is 12.1. The van der Waals surface area contributed by atoms with Gasteiger partial charge in [-0.2, -0.15) is 0 Å². The molecule has 7 rings (SSSR count). The van der Waals surface area contributed by atoms with Gasteiger partial charge in [-0.25, -0.2) is 0 Å². The molecule has 0 aromatic heterocycles. The van der Waals surface area contributed by atoms with Crippen LogP contribution in [0.1, 0.15) is 31.8 Å². The number of aromatic hydroxyl groups is 2. The topological polar surface area (TPSA) is 141 Å². The molecule has 2 amide bonds. The number of phenolic OH excluding ortho intramolecular Hbond substituents is 2. The molecule has 0 spiro atoms. The Morgan fingerprint density at radius 1 is 0.481 bits per heavy atom. The molecule has 0 fully saturated rings. The number of fused-ring (bicyclic) bond motifs is 2. The summed E-state index contributed by atoms with van der Waals surface area (Å²) in [4.78, 5) is 37.3. The number of amides is 2. The van der Waals surface area contributed by atoms with E-state index in [4.69, 9.17) is 9.68 Å². The van der Waals surface area contributed by atoms with Gasteiger partial charge in [0.1, 0.15) is 18.1 Å². The fraction of sp³-hybridized carbons (Fsp3) is 0.0476. The second-order valence-corrected chi connectivity index (χ2v) is 12.1. The minimum atomic E-state index is -0.454. The monoisotopic (exact) mass is 690 g/mol. The molecule has 0 saturated carbocycles. The predicted octanol–water partition coefficient (Wildman–Crippen LogP) is 9.00. The highest BCUT2D eigenvalue weighted by Crippen LogP contribution is 2.29. The standard InChI is InChI=1S/C42H34N4O6/c47-39-23-28-12-11-27(19-31(28)21-33(39)26-52-45-36-9-5-2-6-10-36)25-51-46-37-17-15-35(16-18-37)43-41(49)30-14-13-29-24-40(48)38(22-32(29)20-30)42(50)44-34-7-3-1-4-8-34/h1-24,45-48H,25-26H2,(H,43,49)(H,44,50). The van der Waals surface area contributed by atoms with E-state index in [2.05, 4.69) is 21.6 Å². The van der Waals surface area contributed by atoms with Gasteiger partial charge < -0.3 is 20.8 Å². The number of phenols is 2. The molecule has 7 aromatic carbocycles. The lowest BCUT2D eigenvalue weighted by molar-refractivity contribution is 0.101. The summed E-state index contributed by atoms with van der Waals surface area (Å²) >= 11 is 0. The van der Waals surface area contributed by atoms with Gasteiger partial charge in [-0.05, 0) is 118 Å². The summed E-state index contributed by atoms with van der Waals surface area (Å²) in [6.07, 6.45) is 0. The zero-order valence-corrected chi connectivity index (χ0v) is 27.8. The maximum atomic E-state index is 13.1. The SMILES string of the molecule is O=C(Nc1ccc(NOCc2ccc3cc(O)c(CONc4ccccc4)cc3c2)cc1)c1ccc2cc(O)c(C(=O)Nc3ccccc3)cc2c1. The van der Waals surface area contributed by atoms with Crippen LogP contribution in [-0.4, -0.2) is 22.0 Å². The van der Waals surface area contributed by atoms with E-state index in [-0.39, 0.29) is 36.2 Å². The fourth-order valence-electron chi connectivity index (χ4n) is 5.65. The van der Waals surface area contributed by atoms with Crippen LogP contribution in [0.25, 0.3) is 21.5 Å². The highest BCUT2D eigenvalue weighted by Gasteiger charge is 2.15. The number of rotatable bonds is 12. The van der Waals surface area contributed by atoms with E-state index in [0.29, 0.717) is 39.0 Å². The van der Waals surface area contributed by atoms with Crippen molar-refractivity contribution in [1.82, 2.24) is 0 Å². The molecular weight excluding hydrogens is 656 g/mol. The Bertz CT molecular complexity index is 2370. The van der Waals surface area contributed by atoms with Crippen LogP contribution in [-0.2, 0) is 22.9 Å². The van der Waals surface area contributed by atoms with Gasteiger partial charge in [0.25, 0.3) is 11.8 Å². The number of hydrogen-bond acceptors (Lipinski definition) is 8. The van der Waals surface area contributed by atoms with Gasteiger partial charge in [-0.3, -0.25) is 30.2 Å². The molecule has 0 saturated heterocycles. The molecule has 0 aliphatic carbocycles. The number of nitrogens with one attached hydrogen (secondary N) is 4. The molecule has 0 heterocycles. The maximum Gasteiger partial charge on any atom is 0.259 e. The normalized spacial score (nSPS) is 10.9. The van der Waals surface area contributed by atoms with Gasteiger partial charge in [0.05, 0.1) is 23.5 Å². The van der Waals surface area contributed by atoms with E-state index in [9.17, 15) is 19.8 Å². The zero-order chi connectivity index (χ0) is 35.9. The van der Waals surface area contributed by atoms with Crippen molar-refractivity contribution in [2.24, 2.45) is 0 Å². The highest BCUT2D eigenvalue weighted by molar-refractivity contribution is 6.10. The Labute approximate surface area is 299 Å². The first kappa shape index (κ1) is 33.6. The Balaban J connectivity index is 0.933. The van der Waals surface area contributed by atoms with Crippen LogP contribution in [0.5, 0.6) is 11.5 Å². The number of anilines is 4. The van der Waals surface area contributed by atoms with Gasteiger partial charge in [-0.1, -0.05) is 54.6 Å². The minimum Gasteiger partial charge on any atom is -0.508 e. The molecule has 7 aromatic rings. The molecule has 52 heavy (non-hydrogen) atoms. The van der Waals surface area contributed by atoms with E-state index in [1.165, 1.54) is 6.07 Å². The molecule has 6 N–H and O–H groups in total. The number of hydrogen-bond donors (Lipinski definition) is 6. The van der Waals surface area contributed by atoms with Gasteiger partial charge in [0, 0.05) is 22.5 Å². The van der Waals surface area contributed by atoms with Crippen molar-refractivity contribution >= 4 is 56.1 Å². The van der Waals surface area contributed by atoms with Crippen molar-refractivity contribution in [3.8, 4) is 11.5 Å². The summed E-state index contributed by atoms with van der Waals surface area (Å²) in [5, 5.41) is 29.8. The largest absolute Gasteiger partial charge is 0.508 e.